The zero-order valence-electron chi connectivity index (χ0n) is 10.2. The monoisotopic (exact) mass is 245 g/mol. The Labute approximate surface area is 105 Å². The molecular formula is C14H15NOS. The number of Topliss-reactive ketones (excluding diaryl/α,β-unsaturated/α-hetero) is 1. The number of aromatic nitrogens is 1. The minimum absolute atomic E-state index is 0.00887. The Morgan fingerprint density at radius 2 is 2.00 bits per heavy atom. The van der Waals surface area contributed by atoms with Gasteiger partial charge in [0.05, 0.1) is 5.52 Å². The first-order valence-electron chi connectivity index (χ1n) is 5.61. The molecule has 0 aliphatic heterocycles. The van der Waals surface area contributed by atoms with Gasteiger partial charge < -0.3 is 0 Å². The van der Waals surface area contributed by atoms with Crippen LogP contribution in [0.1, 0.15) is 24.3 Å². The van der Waals surface area contributed by atoms with Crippen molar-refractivity contribution in [2.45, 2.75) is 18.7 Å². The van der Waals surface area contributed by atoms with Gasteiger partial charge in [-0.25, -0.2) is 4.98 Å². The van der Waals surface area contributed by atoms with Crippen molar-refractivity contribution >= 4 is 28.4 Å². The van der Waals surface area contributed by atoms with Crippen molar-refractivity contribution in [2.75, 3.05) is 6.26 Å². The lowest BCUT2D eigenvalue weighted by atomic mass is 10.1. The predicted molar refractivity (Wildman–Crippen MR) is 72.7 cm³/mol. The molecule has 0 aliphatic rings. The smallest absolute Gasteiger partial charge is 0.183 e. The highest BCUT2D eigenvalue weighted by atomic mass is 32.2. The van der Waals surface area contributed by atoms with Gasteiger partial charge >= 0.3 is 0 Å². The molecule has 0 radical (unpaired) electrons. The number of ketones is 1. The number of benzene rings is 1. The standard InChI is InChI=1S/C14H15NOS/c1-9(2)14(16)13-6-4-10-8-11(17-3)5-7-12(10)15-13/h4-9H,1-3H3. The van der Waals surface area contributed by atoms with Crippen LogP contribution in [0.15, 0.2) is 35.2 Å². The molecule has 2 nitrogen and oxygen atoms in total. The maximum absolute atomic E-state index is 11.8. The van der Waals surface area contributed by atoms with Crippen LogP contribution >= 0.6 is 11.8 Å². The van der Waals surface area contributed by atoms with E-state index >= 15 is 0 Å². The maximum Gasteiger partial charge on any atom is 0.183 e. The van der Waals surface area contributed by atoms with Crippen LogP contribution in [-0.2, 0) is 0 Å². The average Bonchev–Trinajstić information content (AvgIpc) is 2.36. The van der Waals surface area contributed by atoms with E-state index in [1.807, 2.05) is 44.4 Å². The highest BCUT2D eigenvalue weighted by molar-refractivity contribution is 7.98. The van der Waals surface area contributed by atoms with Gasteiger partial charge in [0.15, 0.2) is 5.78 Å². The number of carbonyl (C=O) groups is 1. The zero-order chi connectivity index (χ0) is 12.4. The summed E-state index contributed by atoms with van der Waals surface area (Å²) in [6, 6.07) is 9.88. The van der Waals surface area contributed by atoms with Gasteiger partial charge in [-0.1, -0.05) is 19.9 Å². The molecule has 1 heterocycles. The number of hydrogen-bond acceptors (Lipinski definition) is 3. The molecule has 2 rings (SSSR count). The maximum atomic E-state index is 11.8. The topological polar surface area (TPSA) is 30.0 Å². The molecule has 0 unspecified atom stereocenters. The van der Waals surface area contributed by atoms with Gasteiger partial charge in [-0.3, -0.25) is 4.79 Å². The van der Waals surface area contributed by atoms with Gasteiger partial charge in [0, 0.05) is 16.2 Å². The highest BCUT2D eigenvalue weighted by Crippen LogP contribution is 2.21. The Hall–Kier alpha value is -1.35. The van der Waals surface area contributed by atoms with Crippen molar-refractivity contribution in [3.8, 4) is 0 Å². The van der Waals surface area contributed by atoms with Gasteiger partial charge in [-0.05, 0) is 30.5 Å². The molecule has 0 atom stereocenters. The molecule has 0 amide bonds. The van der Waals surface area contributed by atoms with Crippen molar-refractivity contribution in [2.24, 2.45) is 5.92 Å². The first kappa shape index (κ1) is 12.1. The van der Waals surface area contributed by atoms with E-state index in [-0.39, 0.29) is 11.7 Å². The number of fused-ring (bicyclic) bond motifs is 1. The Balaban J connectivity index is 2.48. The average molecular weight is 245 g/mol. The van der Waals surface area contributed by atoms with Gasteiger partial charge in [-0.2, -0.15) is 0 Å². The molecule has 0 N–H and O–H groups in total. The Morgan fingerprint density at radius 1 is 1.24 bits per heavy atom. The molecule has 0 spiro atoms. The van der Waals surface area contributed by atoms with Crippen LogP contribution in [0.2, 0.25) is 0 Å². The fraction of sp³-hybridized carbons (Fsp3) is 0.286. The van der Waals surface area contributed by atoms with Crippen LogP contribution in [0.3, 0.4) is 0 Å². The fourth-order valence-electron chi connectivity index (χ4n) is 1.66. The number of rotatable bonds is 3. The number of carbonyl (C=O) groups excluding carboxylic acids is 1. The summed E-state index contributed by atoms with van der Waals surface area (Å²) in [5.74, 6) is 0.0891. The van der Waals surface area contributed by atoms with E-state index in [1.54, 1.807) is 11.8 Å². The van der Waals surface area contributed by atoms with E-state index in [0.29, 0.717) is 5.69 Å². The molecule has 0 fully saturated rings. The first-order chi connectivity index (χ1) is 8.11. The second-order valence-corrected chi connectivity index (χ2v) is 5.15. The molecule has 0 bridgehead atoms. The van der Waals surface area contributed by atoms with Crippen molar-refractivity contribution < 1.29 is 4.79 Å². The van der Waals surface area contributed by atoms with E-state index < -0.39 is 0 Å². The van der Waals surface area contributed by atoms with Crippen LogP contribution in [0, 0.1) is 5.92 Å². The van der Waals surface area contributed by atoms with Crippen LogP contribution in [-0.4, -0.2) is 17.0 Å². The zero-order valence-corrected chi connectivity index (χ0v) is 11.0. The van der Waals surface area contributed by atoms with E-state index in [4.69, 9.17) is 0 Å². The lowest BCUT2D eigenvalue weighted by Crippen LogP contribution is -2.09. The third-order valence-corrected chi connectivity index (χ3v) is 3.40. The molecule has 0 saturated heterocycles. The highest BCUT2D eigenvalue weighted by Gasteiger charge is 2.12. The van der Waals surface area contributed by atoms with E-state index in [1.165, 1.54) is 4.90 Å². The largest absolute Gasteiger partial charge is 0.292 e. The number of thioether (sulfide) groups is 1. The third-order valence-electron chi connectivity index (χ3n) is 2.67. The molecule has 2 aromatic rings. The SMILES string of the molecule is CSc1ccc2nc(C(=O)C(C)C)ccc2c1. The quantitative estimate of drug-likeness (QED) is 0.608. The van der Waals surface area contributed by atoms with Crippen LogP contribution in [0.25, 0.3) is 10.9 Å². The third kappa shape index (κ3) is 2.50. The Kier molecular flexibility index (Phi) is 3.48. The molecule has 1 aromatic carbocycles. The summed E-state index contributed by atoms with van der Waals surface area (Å²) >= 11 is 1.70. The van der Waals surface area contributed by atoms with Crippen LogP contribution < -0.4 is 0 Å². The summed E-state index contributed by atoms with van der Waals surface area (Å²) in [6.45, 7) is 3.79. The second kappa shape index (κ2) is 4.88. The fourth-order valence-corrected chi connectivity index (χ4v) is 2.11. The molecule has 1 aromatic heterocycles. The van der Waals surface area contributed by atoms with Gasteiger partial charge in [0.1, 0.15) is 5.69 Å². The number of pyridine rings is 1. The summed E-state index contributed by atoms with van der Waals surface area (Å²) in [5, 5.41) is 1.08. The first-order valence-corrected chi connectivity index (χ1v) is 6.83. The van der Waals surface area contributed by atoms with Crippen molar-refractivity contribution in [3.05, 3.63) is 36.0 Å². The summed E-state index contributed by atoms with van der Waals surface area (Å²) in [7, 11) is 0. The molecule has 88 valence electrons. The molecular weight excluding hydrogens is 230 g/mol. The second-order valence-electron chi connectivity index (χ2n) is 4.27. The van der Waals surface area contributed by atoms with Crippen LogP contribution in [0.5, 0.6) is 0 Å². The van der Waals surface area contributed by atoms with E-state index in [0.717, 1.165) is 10.9 Å². The normalized spacial score (nSPS) is 11.1. The van der Waals surface area contributed by atoms with Crippen molar-refractivity contribution in [1.29, 1.82) is 0 Å². The summed E-state index contributed by atoms with van der Waals surface area (Å²) in [4.78, 5) is 17.5. The molecule has 17 heavy (non-hydrogen) atoms. The number of nitrogens with zero attached hydrogens (tertiary/aromatic N) is 1. The van der Waals surface area contributed by atoms with E-state index in [9.17, 15) is 4.79 Å². The molecule has 0 saturated carbocycles. The molecule has 3 heteroatoms. The predicted octanol–water partition coefficient (Wildman–Crippen LogP) is 3.80. The Morgan fingerprint density at radius 3 is 2.65 bits per heavy atom. The van der Waals surface area contributed by atoms with Crippen molar-refractivity contribution in [3.63, 3.8) is 0 Å². The molecule has 0 aliphatic carbocycles. The van der Waals surface area contributed by atoms with Gasteiger partial charge in [0.25, 0.3) is 0 Å². The minimum atomic E-state index is -0.00887. The summed E-state index contributed by atoms with van der Waals surface area (Å²) < 4.78 is 0. The Bertz CT molecular complexity index is 563. The lowest BCUT2D eigenvalue weighted by molar-refractivity contribution is 0.0935. The summed E-state index contributed by atoms with van der Waals surface area (Å²) in [6.07, 6.45) is 2.05. The van der Waals surface area contributed by atoms with Crippen LogP contribution in [0.4, 0.5) is 0 Å². The number of hydrogen-bond donors (Lipinski definition) is 0. The van der Waals surface area contributed by atoms with Gasteiger partial charge in [-0.15, -0.1) is 11.8 Å². The van der Waals surface area contributed by atoms with Gasteiger partial charge in [0.2, 0.25) is 0 Å². The lowest BCUT2D eigenvalue weighted by Gasteiger charge is -2.05. The minimum Gasteiger partial charge on any atom is -0.292 e. The van der Waals surface area contributed by atoms with E-state index in [2.05, 4.69) is 11.1 Å². The summed E-state index contributed by atoms with van der Waals surface area (Å²) in [5.41, 5.74) is 1.44. The van der Waals surface area contributed by atoms with Crippen molar-refractivity contribution in [1.82, 2.24) is 4.98 Å².